The molecule has 0 saturated carbocycles. The van der Waals surface area contributed by atoms with Gasteiger partial charge in [-0.25, -0.2) is 0 Å². The summed E-state index contributed by atoms with van der Waals surface area (Å²) in [4.78, 5) is 14.4. The Balaban J connectivity index is 1.59. The number of carbonyl (C=O) groups excluding carboxylic acids is 1. The molecule has 0 radical (unpaired) electrons. The number of methoxy groups -OCH3 is 2. The van der Waals surface area contributed by atoms with Crippen molar-refractivity contribution in [2.24, 2.45) is 0 Å². The maximum Gasteiger partial charge on any atom is 0.265 e. The lowest BCUT2D eigenvalue weighted by Crippen LogP contribution is -2.10. The molecule has 1 amide bonds. The Hall–Kier alpha value is -3.03. The van der Waals surface area contributed by atoms with E-state index in [4.69, 9.17) is 21.1 Å². The number of halogens is 1. The van der Waals surface area contributed by atoms with Crippen molar-refractivity contribution >= 4 is 44.7 Å². The van der Waals surface area contributed by atoms with Crippen LogP contribution in [0.2, 0.25) is 5.02 Å². The van der Waals surface area contributed by atoms with Crippen LogP contribution >= 0.6 is 22.9 Å². The SMILES string of the molecule is COc1ccc(NC(=O)c2cc3c(C)nn(Cc4ccc(Cl)cc4)c3s2)cc1OC. The number of nitrogens with zero attached hydrogens (tertiary/aromatic N) is 2. The van der Waals surface area contributed by atoms with Crippen LogP contribution in [-0.2, 0) is 6.54 Å². The van der Waals surface area contributed by atoms with Crippen molar-refractivity contribution in [1.29, 1.82) is 0 Å². The normalized spacial score (nSPS) is 10.9. The number of thiophene rings is 1. The molecule has 4 aromatic rings. The first kappa shape index (κ1) is 20.3. The first-order valence-electron chi connectivity index (χ1n) is 9.23. The van der Waals surface area contributed by atoms with Gasteiger partial charge in [0.15, 0.2) is 11.5 Å². The highest BCUT2D eigenvalue weighted by Crippen LogP contribution is 2.32. The summed E-state index contributed by atoms with van der Waals surface area (Å²) >= 11 is 7.39. The first-order chi connectivity index (χ1) is 14.5. The van der Waals surface area contributed by atoms with E-state index >= 15 is 0 Å². The highest BCUT2D eigenvalue weighted by Gasteiger charge is 2.17. The minimum atomic E-state index is -0.180. The van der Waals surface area contributed by atoms with E-state index in [9.17, 15) is 4.79 Å². The molecule has 0 bridgehead atoms. The predicted octanol–water partition coefficient (Wildman–Crippen LogP) is 5.38. The van der Waals surface area contributed by atoms with Crippen molar-refractivity contribution in [2.45, 2.75) is 13.5 Å². The molecule has 0 aliphatic rings. The summed E-state index contributed by atoms with van der Waals surface area (Å²) in [5, 5.41) is 9.23. The zero-order chi connectivity index (χ0) is 21.3. The topological polar surface area (TPSA) is 65.4 Å². The van der Waals surface area contributed by atoms with Crippen LogP contribution in [-0.4, -0.2) is 29.9 Å². The van der Waals surface area contributed by atoms with Crippen LogP contribution in [0.4, 0.5) is 5.69 Å². The van der Waals surface area contributed by atoms with Crippen LogP contribution in [0.3, 0.4) is 0 Å². The fourth-order valence-corrected chi connectivity index (χ4v) is 4.38. The molecule has 30 heavy (non-hydrogen) atoms. The molecule has 8 heteroatoms. The van der Waals surface area contributed by atoms with E-state index in [1.54, 1.807) is 32.4 Å². The third-order valence-corrected chi connectivity index (χ3v) is 6.12. The molecule has 0 atom stereocenters. The van der Waals surface area contributed by atoms with E-state index in [2.05, 4.69) is 10.4 Å². The van der Waals surface area contributed by atoms with Gasteiger partial charge < -0.3 is 14.8 Å². The summed E-state index contributed by atoms with van der Waals surface area (Å²) in [6.45, 7) is 2.56. The number of nitrogens with one attached hydrogen (secondary N) is 1. The minimum absolute atomic E-state index is 0.180. The van der Waals surface area contributed by atoms with Gasteiger partial charge in [0.25, 0.3) is 5.91 Å². The van der Waals surface area contributed by atoms with E-state index in [1.807, 2.05) is 41.9 Å². The van der Waals surface area contributed by atoms with Crippen molar-refractivity contribution in [2.75, 3.05) is 19.5 Å². The van der Waals surface area contributed by atoms with Crippen molar-refractivity contribution < 1.29 is 14.3 Å². The van der Waals surface area contributed by atoms with Gasteiger partial charge in [0.05, 0.1) is 31.3 Å². The standard InChI is InChI=1S/C22H20ClN3O3S/c1-13-17-11-20(21(27)24-16-8-9-18(28-2)19(10-16)29-3)30-22(17)26(25-13)12-14-4-6-15(23)7-5-14/h4-11H,12H2,1-3H3,(H,24,27). The number of fused-ring (bicyclic) bond motifs is 1. The van der Waals surface area contributed by atoms with Crippen LogP contribution in [0.15, 0.2) is 48.5 Å². The molecule has 0 saturated heterocycles. The molecule has 0 aliphatic heterocycles. The minimum Gasteiger partial charge on any atom is -0.493 e. The Morgan fingerprint density at radius 2 is 1.83 bits per heavy atom. The lowest BCUT2D eigenvalue weighted by Gasteiger charge is -2.10. The van der Waals surface area contributed by atoms with Crippen LogP contribution in [0.5, 0.6) is 11.5 Å². The van der Waals surface area contributed by atoms with E-state index in [-0.39, 0.29) is 5.91 Å². The van der Waals surface area contributed by atoms with Crippen LogP contribution < -0.4 is 14.8 Å². The molecule has 1 N–H and O–H groups in total. The second kappa shape index (κ2) is 8.38. The summed E-state index contributed by atoms with van der Waals surface area (Å²) < 4.78 is 12.5. The highest BCUT2D eigenvalue weighted by atomic mass is 35.5. The van der Waals surface area contributed by atoms with Crippen LogP contribution in [0, 0.1) is 6.92 Å². The molecule has 0 fully saturated rings. The smallest absolute Gasteiger partial charge is 0.265 e. The maximum absolute atomic E-state index is 12.8. The van der Waals surface area contributed by atoms with E-state index in [0.717, 1.165) is 21.5 Å². The number of rotatable bonds is 6. The highest BCUT2D eigenvalue weighted by molar-refractivity contribution is 7.20. The molecule has 2 aromatic heterocycles. The molecule has 2 aromatic carbocycles. The first-order valence-corrected chi connectivity index (χ1v) is 10.4. The quantitative estimate of drug-likeness (QED) is 0.436. The predicted molar refractivity (Wildman–Crippen MR) is 120 cm³/mol. The second-order valence-corrected chi connectivity index (χ2v) is 8.19. The molecule has 0 aliphatic carbocycles. The lowest BCUT2D eigenvalue weighted by atomic mass is 10.2. The number of benzene rings is 2. The van der Waals surface area contributed by atoms with Crippen molar-refractivity contribution in [3.8, 4) is 11.5 Å². The molecule has 6 nitrogen and oxygen atoms in total. The summed E-state index contributed by atoms with van der Waals surface area (Å²) in [6.07, 6.45) is 0. The number of aryl methyl sites for hydroxylation is 1. The lowest BCUT2D eigenvalue weighted by molar-refractivity contribution is 0.103. The Morgan fingerprint density at radius 3 is 2.53 bits per heavy atom. The van der Waals surface area contributed by atoms with Gasteiger partial charge in [0.1, 0.15) is 4.83 Å². The third-order valence-electron chi connectivity index (χ3n) is 4.72. The van der Waals surface area contributed by atoms with Gasteiger partial charge in [0, 0.05) is 22.2 Å². The molecule has 4 rings (SSSR count). The summed E-state index contributed by atoms with van der Waals surface area (Å²) in [6, 6.07) is 14.8. The third kappa shape index (κ3) is 3.99. The van der Waals surface area contributed by atoms with E-state index in [1.165, 1.54) is 11.3 Å². The number of hydrogen-bond donors (Lipinski definition) is 1. The van der Waals surface area contributed by atoms with Gasteiger partial charge in [0.2, 0.25) is 0 Å². The van der Waals surface area contributed by atoms with Crippen LogP contribution in [0.25, 0.3) is 10.2 Å². The fraction of sp³-hybridized carbons (Fsp3) is 0.182. The Bertz CT molecular complexity index is 1210. The molecule has 0 spiro atoms. The van der Waals surface area contributed by atoms with Gasteiger partial charge in [-0.3, -0.25) is 9.48 Å². The maximum atomic E-state index is 12.8. The van der Waals surface area contributed by atoms with Gasteiger partial charge in [-0.1, -0.05) is 23.7 Å². The van der Waals surface area contributed by atoms with Crippen molar-refractivity contribution in [1.82, 2.24) is 9.78 Å². The molecule has 0 unspecified atom stereocenters. The van der Waals surface area contributed by atoms with Gasteiger partial charge in [-0.15, -0.1) is 11.3 Å². The van der Waals surface area contributed by atoms with Crippen molar-refractivity contribution in [3.05, 3.63) is 69.7 Å². The monoisotopic (exact) mass is 441 g/mol. The second-order valence-electron chi connectivity index (χ2n) is 6.72. The zero-order valence-electron chi connectivity index (χ0n) is 16.7. The van der Waals surface area contributed by atoms with Gasteiger partial charge >= 0.3 is 0 Å². The van der Waals surface area contributed by atoms with E-state index < -0.39 is 0 Å². The van der Waals surface area contributed by atoms with Crippen molar-refractivity contribution in [3.63, 3.8) is 0 Å². The summed E-state index contributed by atoms with van der Waals surface area (Å²) in [5.41, 5.74) is 2.61. The fourth-order valence-electron chi connectivity index (χ4n) is 3.20. The molecular weight excluding hydrogens is 422 g/mol. The zero-order valence-corrected chi connectivity index (χ0v) is 18.3. The van der Waals surface area contributed by atoms with Gasteiger partial charge in [-0.05, 0) is 42.8 Å². The number of hydrogen-bond acceptors (Lipinski definition) is 5. The number of ether oxygens (including phenoxy) is 2. The molecule has 154 valence electrons. The van der Waals surface area contributed by atoms with E-state index in [0.29, 0.717) is 33.6 Å². The number of amides is 1. The molecule has 2 heterocycles. The summed E-state index contributed by atoms with van der Waals surface area (Å²) in [5.74, 6) is 0.984. The Morgan fingerprint density at radius 1 is 1.10 bits per heavy atom. The Kier molecular flexibility index (Phi) is 5.65. The largest absolute Gasteiger partial charge is 0.493 e. The number of carbonyl (C=O) groups is 1. The van der Waals surface area contributed by atoms with Gasteiger partial charge in [-0.2, -0.15) is 5.10 Å². The molecular formula is C22H20ClN3O3S. The average Bonchev–Trinajstić information content (AvgIpc) is 3.31. The van der Waals surface area contributed by atoms with Crippen LogP contribution in [0.1, 0.15) is 20.9 Å². The Labute approximate surface area is 183 Å². The number of anilines is 1. The summed E-state index contributed by atoms with van der Waals surface area (Å²) in [7, 11) is 3.13. The average molecular weight is 442 g/mol. The number of aromatic nitrogens is 2.